The molecule has 3 atom stereocenters. The Hall–Kier alpha value is -3.29. The van der Waals surface area contributed by atoms with E-state index in [4.69, 9.17) is 15.3 Å². The van der Waals surface area contributed by atoms with E-state index in [0.29, 0.717) is 21.4 Å². The number of hydrogen-bond donors (Lipinski definition) is 3. The SMILES string of the molecule is CC(ON=C(C(=O)NC1C(=O)N2C(C(=O)O)=C(CSc3nncs3)CS[C@@H]12)c1nsc(N)n1)C(=O)OC(C)(C)C. The Morgan fingerprint density at radius 2 is 2.12 bits per heavy atom. The average molecular weight is 629 g/mol. The molecule has 1 saturated heterocycles. The number of nitrogens with one attached hydrogen (secondary N) is 1. The number of aliphatic carboxylic acids is 1. The molecule has 4 heterocycles. The van der Waals surface area contributed by atoms with Gasteiger partial charge in [0, 0.05) is 23.0 Å². The monoisotopic (exact) mass is 628 g/mol. The van der Waals surface area contributed by atoms with Gasteiger partial charge in [0.25, 0.3) is 11.8 Å². The summed E-state index contributed by atoms with van der Waals surface area (Å²) in [6, 6.07) is -1.05. The number of amides is 2. The molecule has 15 nitrogen and oxygen atoms in total. The molecule has 2 aliphatic heterocycles. The van der Waals surface area contributed by atoms with Crippen LogP contribution in [0.4, 0.5) is 5.13 Å². The van der Waals surface area contributed by atoms with E-state index in [1.54, 1.807) is 26.3 Å². The van der Waals surface area contributed by atoms with E-state index in [9.17, 15) is 24.3 Å². The predicted octanol–water partition coefficient (Wildman–Crippen LogP) is 0.954. The van der Waals surface area contributed by atoms with E-state index in [0.717, 1.165) is 16.4 Å². The van der Waals surface area contributed by atoms with Crippen LogP contribution in [0.2, 0.25) is 0 Å². The molecular formula is C21H24N8O7S4. The van der Waals surface area contributed by atoms with Gasteiger partial charge >= 0.3 is 11.9 Å². The van der Waals surface area contributed by atoms with Gasteiger partial charge in [0.15, 0.2) is 9.47 Å². The third-order valence-electron chi connectivity index (χ3n) is 5.16. The van der Waals surface area contributed by atoms with Crippen LogP contribution in [0, 0.1) is 0 Å². The molecule has 0 spiro atoms. The maximum atomic E-state index is 13.2. The summed E-state index contributed by atoms with van der Waals surface area (Å²) in [5.41, 5.74) is 6.49. The summed E-state index contributed by atoms with van der Waals surface area (Å²) in [7, 11) is 0. The summed E-state index contributed by atoms with van der Waals surface area (Å²) < 4.78 is 9.90. The van der Waals surface area contributed by atoms with E-state index in [1.807, 2.05) is 0 Å². The highest BCUT2D eigenvalue weighted by Gasteiger charge is 2.54. The van der Waals surface area contributed by atoms with Crippen molar-refractivity contribution in [2.24, 2.45) is 5.16 Å². The van der Waals surface area contributed by atoms with Crippen molar-refractivity contribution in [1.82, 2.24) is 29.8 Å². The van der Waals surface area contributed by atoms with Crippen LogP contribution in [0.3, 0.4) is 0 Å². The lowest BCUT2D eigenvalue weighted by molar-refractivity contribution is -0.167. The lowest BCUT2D eigenvalue weighted by atomic mass is 10.0. The second-order valence-corrected chi connectivity index (χ2v) is 13.2. The Balaban J connectivity index is 1.48. The molecule has 2 aliphatic rings. The van der Waals surface area contributed by atoms with Crippen LogP contribution in [-0.4, -0.2) is 93.7 Å². The zero-order chi connectivity index (χ0) is 29.2. The molecule has 0 bridgehead atoms. The van der Waals surface area contributed by atoms with Crippen molar-refractivity contribution in [3.8, 4) is 0 Å². The Morgan fingerprint density at radius 1 is 1.38 bits per heavy atom. The highest BCUT2D eigenvalue weighted by molar-refractivity contribution is 8.01. The largest absolute Gasteiger partial charge is 0.477 e. The number of nitrogen functional groups attached to an aromatic ring is 1. The third-order valence-corrected chi connectivity index (χ3v) is 8.98. The highest BCUT2D eigenvalue weighted by atomic mass is 32.2. The normalized spacial score (nSPS) is 19.9. The Labute approximate surface area is 244 Å². The van der Waals surface area contributed by atoms with Gasteiger partial charge in [-0.05, 0) is 33.3 Å². The highest BCUT2D eigenvalue weighted by Crippen LogP contribution is 2.41. The van der Waals surface area contributed by atoms with Crippen LogP contribution in [0.25, 0.3) is 0 Å². The number of ether oxygens (including phenoxy) is 1. The van der Waals surface area contributed by atoms with Crippen molar-refractivity contribution >= 4 is 81.0 Å². The van der Waals surface area contributed by atoms with Crippen molar-refractivity contribution in [3.63, 3.8) is 0 Å². The molecule has 19 heteroatoms. The molecule has 2 aromatic rings. The first-order valence-electron chi connectivity index (χ1n) is 11.5. The Kier molecular flexibility index (Phi) is 8.96. The molecule has 2 aromatic heterocycles. The van der Waals surface area contributed by atoms with Gasteiger partial charge in [-0.25, -0.2) is 9.59 Å². The summed E-state index contributed by atoms with van der Waals surface area (Å²) in [5, 5.41) is 23.3. The number of β-lactam (4-membered cyclic amide) rings is 1. The number of oxime groups is 1. The molecule has 2 unspecified atom stereocenters. The van der Waals surface area contributed by atoms with Crippen LogP contribution in [0.15, 0.2) is 26.3 Å². The number of carboxylic acid groups (broad SMARTS) is 1. The number of fused-ring (bicyclic) bond motifs is 1. The van der Waals surface area contributed by atoms with Crippen molar-refractivity contribution in [1.29, 1.82) is 0 Å². The van der Waals surface area contributed by atoms with Crippen LogP contribution >= 0.6 is 46.4 Å². The smallest absolute Gasteiger partial charge is 0.352 e. The summed E-state index contributed by atoms with van der Waals surface area (Å²) >= 11 is 4.78. The number of hydrogen-bond acceptors (Lipinski definition) is 16. The molecule has 214 valence electrons. The van der Waals surface area contributed by atoms with E-state index in [1.165, 1.54) is 41.8 Å². The molecule has 2 amide bonds. The summed E-state index contributed by atoms with van der Waals surface area (Å²) in [5.74, 6) is -2.95. The number of carbonyl (C=O) groups excluding carboxylic acids is 3. The number of aromatic nitrogens is 4. The van der Waals surface area contributed by atoms with E-state index in [2.05, 4.69) is 30.0 Å². The number of carboxylic acids is 1. The number of rotatable bonds is 10. The molecule has 4 rings (SSSR count). The van der Waals surface area contributed by atoms with E-state index < -0.39 is 52.6 Å². The maximum absolute atomic E-state index is 13.2. The van der Waals surface area contributed by atoms with Gasteiger partial charge < -0.3 is 25.7 Å². The van der Waals surface area contributed by atoms with Crippen LogP contribution < -0.4 is 11.1 Å². The van der Waals surface area contributed by atoms with Gasteiger partial charge in [0.2, 0.25) is 17.6 Å². The number of nitrogens with two attached hydrogens (primary N) is 1. The average Bonchev–Trinajstić information content (AvgIpc) is 3.56. The van der Waals surface area contributed by atoms with Crippen molar-refractivity contribution in [2.45, 2.75) is 55.2 Å². The van der Waals surface area contributed by atoms with Crippen molar-refractivity contribution in [2.75, 3.05) is 17.2 Å². The van der Waals surface area contributed by atoms with E-state index in [-0.39, 0.29) is 16.7 Å². The van der Waals surface area contributed by atoms with Gasteiger partial charge in [-0.2, -0.15) is 9.36 Å². The third kappa shape index (κ3) is 6.70. The zero-order valence-electron chi connectivity index (χ0n) is 21.5. The van der Waals surface area contributed by atoms with Crippen LogP contribution in [-0.2, 0) is 28.8 Å². The van der Waals surface area contributed by atoms with Gasteiger partial charge in [-0.15, -0.1) is 22.0 Å². The number of anilines is 1. The van der Waals surface area contributed by atoms with E-state index >= 15 is 0 Å². The van der Waals surface area contributed by atoms with Gasteiger partial charge in [0.05, 0.1) is 0 Å². The first kappa shape index (κ1) is 29.7. The number of nitrogens with zero attached hydrogens (tertiary/aromatic N) is 6. The predicted molar refractivity (Wildman–Crippen MR) is 148 cm³/mol. The van der Waals surface area contributed by atoms with Gasteiger partial charge in [-0.3, -0.25) is 14.5 Å². The quantitative estimate of drug-likeness (QED) is 0.110. The van der Waals surface area contributed by atoms with Crippen molar-refractivity contribution in [3.05, 3.63) is 22.6 Å². The minimum Gasteiger partial charge on any atom is -0.477 e. The molecule has 40 heavy (non-hydrogen) atoms. The van der Waals surface area contributed by atoms with Gasteiger partial charge in [-0.1, -0.05) is 28.3 Å². The fraction of sp³-hybridized carbons (Fsp3) is 0.476. The molecule has 0 saturated carbocycles. The fourth-order valence-corrected chi connectivity index (χ4v) is 6.86. The van der Waals surface area contributed by atoms with Gasteiger partial charge in [0.1, 0.15) is 28.2 Å². The molecular weight excluding hydrogens is 605 g/mol. The summed E-state index contributed by atoms with van der Waals surface area (Å²) in [6.07, 6.45) is -1.17. The number of thioether (sulfide) groups is 2. The lowest BCUT2D eigenvalue weighted by Crippen LogP contribution is -2.71. The minimum atomic E-state index is -1.25. The first-order valence-corrected chi connectivity index (χ1v) is 15.2. The Morgan fingerprint density at radius 3 is 2.73 bits per heavy atom. The van der Waals surface area contributed by atoms with Crippen LogP contribution in [0.5, 0.6) is 0 Å². The number of carbonyl (C=O) groups is 4. The second-order valence-electron chi connectivity index (χ2n) is 9.29. The standard InChI is InChI=1S/C21H24N8O7S4/c1-8(18(34)35-21(2,3)4)36-27-10(13-25-19(22)40-28-13)14(30)24-11-15(31)29-12(17(32)33)9(5-37-16(11)29)6-38-20-26-23-7-39-20/h7-8,11,16H,5-6H2,1-4H3,(H,24,30)(H,32,33)(H2,22,25,28)/t8?,11?,16-/m0/s1. The fourth-order valence-electron chi connectivity index (χ4n) is 3.45. The molecule has 4 N–H and O–H groups in total. The first-order chi connectivity index (χ1) is 18.9. The van der Waals surface area contributed by atoms with Crippen LogP contribution in [0.1, 0.15) is 33.5 Å². The number of esters is 1. The molecule has 0 radical (unpaired) electrons. The minimum absolute atomic E-state index is 0.0552. The maximum Gasteiger partial charge on any atom is 0.352 e. The molecule has 0 aromatic carbocycles. The summed E-state index contributed by atoms with van der Waals surface area (Å²) in [6.45, 7) is 6.46. The Bertz CT molecular complexity index is 1370. The molecule has 1 fully saturated rings. The second kappa shape index (κ2) is 12.1. The summed E-state index contributed by atoms with van der Waals surface area (Å²) in [4.78, 5) is 61.0. The van der Waals surface area contributed by atoms with Crippen molar-refractivity contribution < 1.29 is 33.9 Å². The lowest BCUT2D eigenvalue weighted by Gasteiger charge is -2.49. The molecule has 0 aliphatic carbocycles. The zero-order valence-corrected chi connectivity index (χ0v) is 24.8. The topological polar surface area (TPSA) is 212 Å².